The highest BCUT2D eigenvalue weighted by atomic mass is 19.3. The van der Waals surface area contributed by atoms with Crippen LogP contribution in [-0.4, -0.2) is 119 Å². The Kier molecular flexibility index (Phi) is 19.2. The SMILES string of the molecule is CCCCOCC(O)COCC(F)(F)OC(F)(F)COCOCCOCC(O)COCCO. The normalized spacial score (nSPS) is 14.5. The van der Waals surface area contributed by atoms with E-state index >= 15 is 0 Å². The maximum absolute atomic E-state index is 13.5. The third-order valence-electron chi connectivity index (χ3n) is 3.50. The summed E-state index contributed by atoms with van der Waals surface area (Å²) in [6, 6.07) is 0. The van der Waals surface area contributed by atoms with Crippen molar-refractivity contribution in [2.45, 2.75) is 44.2 Å². The molecule has 0 rings (SSSR count). The van der Waals surface area contributed by atoms with Crippen molar-refractivity contribution in [1.82, 2.24) is 0 Å². The summed E-state index contributed by atoms with van der Waals surface area (Å²) in [6.45, 7) is -2.14. The molecule has 0 aromatic carbocycles. The van der Waals surface area contributed by atoms with Crippen molar-refractivity contribution in [2.24, 2.45) is 0 Å². The van der Waals surface area contributed by atoms with Crippen molar-refractivity contribution in [3.8, 4) is 0 Å². The minimum atomic E-state index is -4.31. The lowest BCUT2D eigenvalue weighted by Gasteiger charge is -2.24. The van der Waals surface area contributed by atoms with E-state index in [1.165, 1.54) is 0 Å². The van der Waals surface area contributed by atoms with Crippen LogP contribution in [0.5, 0.6) is 0 Å². The highest BCUT2D eigenvalue weighted by Gasteiger charge is 2.44. The summed E-state index contributed by atoms with van der Waals surface area (Å²) >= 11 is 0. The van der Waals surface area contributed by atoms with Crippen molar-refractivity contribution in [1.29, 1.82) is 0 Å². The molecule has 0 saturated heterocycles. The van der Waals surface area contributed by atoms with E-state index < -0.39 is 51.0 Å². The summed E-state index contributed by atoms with van der Waals surface area (Å²) in [7, 11) is 0. The number of alkyl halides is 4. The second kappa shape index (κ2) is 19.6. The standard InChI is InChI=1S/C19H36F4O10/c1-2-3-5-27-9-17(26)12-31-13-18(20,21)33-19(22,23)14-32-15-30-8-7-29-11-16(25)10-28-6-4-24/h16-17,24-26H,2-15H2,1H3. The molecule has 0 radical (unpaired) electrons. The second-order valence-electron chi connectivity index (χ2n) is 6.88. The number of ether oxygens (including phenoxy) is 7. The molecule has 0 aromatic rings. The smallest absolute Gasteiger partial charge is 0.383 e. The monoisotopic (exact) mass is 500 g/mol. The van der Waals surface area contributed by atoms with E-state index in [0.717, 1.165) is 12.8 Å². The summed E-state index contributed by atoms with van der Waals surface area (Å²) in [5.41, 5.74) is 0. The lowest BCUT2D eigenvalue weighted by atomic mass is 10.3. The van der Waals surface area contributed by atoms with E-state index in [1.54, 1.807) is 0 Å². The Morgan fingerprint density at radius 1 is 0.667 bits per heavy atom. The second-order valence-corrected chi connectivity index (χ2v) is 6.88. The summed E-state index contributed by atoms with van der Waals surface area (Å²) < 4.78 is 86.4. The molecule has 33 heavy (non-hydrogen) atoms. The van der Waals surface area contributed by atoms with E-state index in [-0.39, 0.29) is 46.2 Å². The zero-order valence-electron chi connectivity index (χ0n) is 18.8. The van der Waals surface area contributed by atoms with Crippen LogP contribution in [0.2, 0.25) is 0 Å². The number of hydrogen-bond acceptors (Lipinski definition) is 10. The number of rotatable bonds is 24. The van der Waals surface area contributed by atoms with E-state index in [2.05, 4.69) is 14.2 Å². The molecule has 2 atom stereocenters. The van der Waals surface area contributed by atoms with Crippen LogP contribution in [0, 0.1) is 0 Å². The van der Waals surface area contributed by atoms with Gasteiger partial charge in [0.25, 0.3) is 0 Å². The first-order valence-electron chi connectivity index (χ1n) is 10.5. The highest BCUT2D eigenvalue weighted by Crippen LogP contribution is 2.27. The average Bonchev–Trinajstić information content (AvgIpc) is 2.72. The van der Waals surface area contributed by atoms with Gasteiger partial charge in [-0.3, -0.25) is 4.74 Å². The lowest BCUT2D eigenvalue weighted by molar-refractivity contribution is -0.396. The molecule has 10 nitrogen and oxygen atoms in total. The molecule has 2 unspecified atom stereocenters. The van der Waals surface area contributed by atoms with Crippen LogP contribution in [0.15, 0.2) is 0 Å². The zero-order chi connectivity index (χ0) is 25.0. The maximum Gasteiger partial charge on any atom is 0.383 e. The van der Waals surface area contributed by atoms with Gasteiger partial charge < -0.3 is 43.7 Å². The van der Waals surface area contributed by atoms with Gasteiger partial charge in [-0.05, 0) is 6.42 Å². The summed E-state index contributed by atoms with van der Waals surface area (Å²) in [5, 5.41) is 27.5. The number of unbranched alkanes of at least 4 members (excludes halogenated alkanes) is 1. The van der Waals surface area contributed by atoms with Gasteiger partial charge in [0.05, 0.1) is 52.9 Å². The van der Waals surface area contributed by atoms with Crippen LogP contribution in [0.1, 0.15) is 19.8 Å². The topological polar surface area (TPSA) is 125 Å². The van der Waals surface area contributed by atoms with Crippen LogP contribution in [-0.2, 0) is 33.2 Å². The Labute approximate surface area is 190 Å². The molecule has 0 aliphatic carbocycles. The van der Waals surface area contributed by atoms with Gasteiger partial charge in [0.1, 0.15) is 32.2 Å². The van der Waals surface area contributed by atoms with Gasteiger partial charge >= 0.3 is 12.2 Å². The summed E-state index contributed by atoms with van der Waals surface area (Å²) in [6.07, 6.45) is -9.04. The maximum atomic E-state index is 13.5. The Morgan fingerprint density at radius 2 is 1.15 bits per heavy atom. The number of aliphatic hydroxyl groups is 3. The minimum absolute atomic E-state index is 0.0121. The highest BCUT2D eigenvalue weighted by molar-refractivity contribution is 4.60. The Hall–Kier alpha value is -0.680. The van der Waals surface area contributed by atoms with Crippen molar-refractivity contribution >= 4 is 0 Å². The van der Waals surface area contributed by atoms with Crippen molar-refractivity contribution in [3.63, 3.8) is 0 Å². The van der Waals surface area contributed by atoms with Crippen molar-refractivity contribution in [3.05, 3.63) is 0 Å². The lowest BCUT2D eigenvalue weighted by Crippen LogP contribution is -2.40. The molecule has 200 valence electrons. The number of hydrogen-bond donors (Lipinski definition) is 3. The van der Waals surface area contributed by atoms with Gasteiger partial charge in [0.2, 0.25) is 0 Å². The Bertz CT molecular complexity index is 449. The Balaban J connectivity index is 3.81. The fraction of sp³-hybridized carbons (Fsp3) is 1.00. The molecular formula is C19H36F4O10. The van der Waals surface area contributed by atoms with Gasteiger partial charge in [-0.25, -0.2) is 0 Å². The largest absolute Gasteiger partial charge is 0.394 e. The molecule has 0 heterocycles. The van der Waals surface area contributed by atoms with Crippen LogP contribution >= 0.6 is 0 Å². The van der Waals surface area contributed by atoms with Gasteiger partial charge in [-0.15, -0.1) is 0 Å². The van der Waals surface area contributed by atoms with Gasteiger partial charge in [-0.2, -0.15) is 17.6 Å². The van der Waals surface area contributed by atoms with Crippen LogP contribution < -0.4 is 0 Å². The fourth-order valence-corrected chi connectivity index (χ4v) is 2.05. The molecule has 3 N–H and O–H groups in total. The van der Waals surface area contributed by atoms with Crippen LogP contribution in [0.25, 0.3) is 0 Å². The summed E-state index contributed by atoms with van der Waals surface area (Å²) in [4.78, 5) is 0. The molecule has 0 amide bonds. The van der Waals surface area contributed by atoms with Gasteiger partial charge in [0, 0.05) is 6.61 Å². The van der Waals surface area contributed by atoms with E-state index in [4.69, 9.17) is 24.1 Å². The molecule has 0 aliphatic heterocycles. The third-order valence-corrected chi connectivity index (χ3v) is 3.50. The van der Waals surface area contributed by atoms with Crippen molar-refractivity contribution in [2.75, 3.05) is 79.5 Å². The summed E-state index contributed by atoms with van der Waals surface area (Å²) in [5.74, 6) is 0. The first-order chi connectivity index (χ1) is 15.6. The first kappa shape index (κ1) is 32.3. The molecule has 0 bridgehead atoms. The predicted molar refractivity (Wildman–Crippen MR) is 105 cm³/mol. The molecular weight excluding hydrogens is 464 g/mol. The average molecular weight is 500 g/mol. The zero-order valence-corrected chi connectivity index (χ0v) is 18.8. The molecule has 0 fully saturated rings. The van der Waals surface area contributed by atoms with Gasteiger partial charge in [0.15, 0.2) is 0 Å². The predicted octanol–water partition coefficient (Wildman–Crippen LogP) is 0.760. The molecule has 0 spiro atoms. The third kappa shape index (κ3) is 21.6. The molecule has 0 aliphatic rings. The van der Waals surface area contributed by atoms with E-state index in [9.17, 15) is 27.8 Å². The number of halogens is 4. The van der Waals surface area contributed by atoms with Crippen LogP contribution in [0.3, 0.4) is 0 Å². The Morgan fingerprint density at radius 3 is 1.73 bits per heavy atom. The molecule has 0 aromatic heterocycles. The van der Waals surface area contributed by atoms with Crippen molar-refractivity contribution < 1.29 is 66.0 Å². The molecule has 0 saturated carbocycles. The van der Waals surface area contributed by atoms with Crippen LogP contribution in [0.4, 0.5) is 17.6 Å². The van der Waals surface area contributed by atoms with E-state index in [1.807, 2.05) is 6.92 Å². The van der Waals surface area contributed by atoms with Gasteiger partial charge in [-0.1, -0.05) is 13.3 Å². The number of aliphatic hydroxyl groups excluding tert-OH is 3. The fourth-order valence-electron chi connectivity index (χ4n) is 2.05. The quantitative estimate of drug-likeness (QED) is 0.0994. The van der Waals surface area contributed by atoms with E-state index in [0.29, 0.717) is 6.61 Å². The minimum Gasteiger partial charge on any atom is -0.394 e. The first-order valence-corrected chi connectivity index (χ1v) is 10.5. The molecule has 14 heteroatoms.